The van der Waals surface area contributed by atoms with Gasteiger partial charge in [0.1, 0.15) is 19.2 Å². The van der Waals surface area contributed by atoms with E-state index in [1.165, 1.54) is 11.2 Å². The molecule has 4 rings (SSSR count). The largest absolute Gasteiger partial charge is 0.445 e. The highest BCUT2D eigenvalue weighted by atomic mass is 35.5. The Balaban J connectivity index is 1.58. The number of amides is 3. The monoisotopic (exact) mass is 587 g/mol. The van der Waals surface area contributed by atoms with Crippen LogP contribution in [0.4, 0.5) is 10.5 Å². The van der Waals surface area contributed by atoms with Crippen molar-refractivity contribution in [2.24, 2.45) is 0 Å². The van der Waals surface area contributed by atoms with Gasteiger partial charge in [-0.25, -0.2) is 9.78 Å². The van der Waals surface area contributed by atoms with Crippen LogP contribution in [0.5, 0.6) is 0 Å². The molecule has 218 valence electrons. The number of nitrogens with one attached hydrogen (secondary N) is 2. The first-order chi connectivity index (χ1) is 20.4. The molecular formula is C32H34ClN5O4. The molecule has 0 aliphatic carbocycles. The number of carbonyl (C=O) groups excluding carboxylic acids is 3. The van der Waals surface area contributed by atoms with E-state index in [1.807, 2.05) is 73.7 Å². The van der Waals surface area contributed by atoms with Crippen LogP contribution in [0.1, 0.15) is 30.2 Å². The number of imidazole rings is 1. The molecule has 1 heterocycles. The van der Waals surface area contributed by atoms with E-state index in [0.29, 0.717) is 17.3 Å². The molecular weight excluding hydrogens is 554 g/mol. The molecule has 0 saturated carbocycles. The first kappa shape index (κ1) is 30.3. The molecule has 42 heavy (non-hydrogen) atoms. The number of ether oxygens (including phenoxy) is 1. The van der Waals surface area contributed by atoms with Crippen LogP contribution < -0.4 is 10.2 Å². The Hall–Kier alpha value is -4.63. The number of aromatic nitrogens is 2. The third-order valence-corrected chi connectivity index (χ3v) is 6.73. The maximum atomic E-state index is 14.1. The third-order valence-electron chi connectivity index (χ3n) is 6.50. The molecule has 0 fully saturated rings. The minimum absolute atomic E-state index is 0.0470. The molecule has 1 unspecified atom stereocenters. The summed E-state index contributed by atoms with van der Waals surface area (Å²) in [5.41, 5.74) is 2.95. The lowest BCUT2D eigenvalue weighted by atomic mass is 10.1. The number of H-pyrrole nitrogens is 1. The number of hydrogen-bond acceptors (Lipinski definition) is 5. The zero-order valence-corrected chi connectivity index (χ0v) is 24.2. The first-order valence-electron chi connectivity index (χ1n) is 13.8. The van der Waals surface area contributed by atoms with E-state index in [0.717, 1.165) is 23.2 Å². The van der Waals surface area contributed by atoms with Crippen LogP contribution in [0.2, 0.25) is 5.02 Å². The molecule has 0 saturated heterocycles. The van der Waals surface area contributed by atoms with Crippen LogP contribution in [0.15, 0.2) is 97.5 Å². The van der Waals surface area contributed by atoms with Crippen molar-refractivity contribution in [1.82, 2.24) is 20.2 Å². The van der Waals surface area contributed by atoms with Crippen molar-refractivity contribution in [2.75, 3.05) is 18.0 Å². The average molecular weight is 588 g/mol. The Morgan fingerprint density at radius 1 is 0.976 bits per heavy atom. The lowest BCUT2D eigenvalue weighted by Crippen LogP contribution is -2.52. The highest BCUT2D eigenvalue weighted by Crippen LogP contribution is 2.18. The van der Waals surface area contributed by atoms with Gasteiger partial charge in [0.25, 0.3) is 0 Å². The SMILES string of the molecule is CCCN(C(=O)CN(Cc1cccc(Cl)c1)C(=O)C(Cc1cnc[nH]1)NC(=O)OCc1ccccc1)c1ccccc1. The molecule has 3 aromatic carbocycles. The summed E-state index contributed by atoms with van der Waals surface area (Å²) in [6, 6.07) is 24.7. The zero-order valence-electron chi connectivity index (χ0n) is 23.4. The second kappa shape index (κ2) is 15.4. The van der Waals surface area contributed by atoms with Crippen molar-refractivity contribution >= 4 is 35.2 Å². The number of benzene rings is 3. The van der Waals surface area contributed by atoms with E-state index >= 15 is 0 Å². The van der Waals surface area contributed by atoms with Crippen LogP contribution in [0, 0.1) is 0 Å². The Labute approximate surface area is 250 Å². The average Bonchev–Trinajstić information content (AvgIpc) is 3.52. The molecule has 3 amide bonds. The molecule has 0 aliphatic heterocycles. The Morgan fingerprint density at radius 2 is 1.69 bits per heavy atom. The molecule has 9 nitrogen and oxygen atoms in total. The Morgan fingerprint density at radius 3 is 2.36 bits per heavy atom. The van der Waals surface area contributed by atoms with Crippen LogP contribution >= 0.6 is 11.6 Å². The van der Waals surface area contributed by atoms with Crippen molar-refractivity contribution in [2.45, 2.75) is 39.0 Å². The van der Waals surface area contributed by atoms with Gasteiger partial charge in [-0.1, -0.05) is 79.2 Å². The minimum atomic E-state index is -1.03. The number of nitrogens with zero attached hydrogens (tertiary/aromatic N) is 3. The number of anilines is 1. The lowest BCUT2D eigenvalue weighted by Gasteiger charge is -2.30. The smallest absolute Gasteiger partial charge is 0.408 e. The molecule has 4 aromatic rings. The van der Waals surface area contributed by atoms with Gasteiger partial charge in [0.05, 0.1) is 6.33 Å². The second-order valence-corrected chi connectivity index (χ2v) is 10.2. The summed E-state index contributed by atoms with van der Waals surface area (Å²) < 4.78 is 5.41. The number of hydrogen-bond donors (Lipinski definition) is 2. The number of halogens is 1. The summed E-state index contributed by atoms with van der Waals surface area (Å²) in [4.78, 5) is 50.8. The fraction of sp³-hybridized carbons (Fsp3) is 0.250. The highest BCUT2D eigenvalue weighted by Gasteiger charge is 2.30. The van der Waals surface area contributed by atoms with Crippen molar-refractivity contribution in [3.63, 3.8) is 0 Å². The molecule has 0 radical (unpaired) electrons. The number of alkyl carbamates (subject to hydrolysis) is 1. The summed E-state index contributed by atoms with van der Waals surface area (Å²) in [6.07, 6.45) is 3.20. The summed E-state index contributed by atoms with van der Waals surface area (Å²) in [5, 5.41) is 3.22. The molecule has 1 aromatic heterocycles. The van der Waals surface area contributed by atoms with Crippen molar-refractivity contribution < 1.29 is 19.1 Å². The molecule has 0 bridgehead atoms. The van der Waals surface area contributed by atoms with Gasteiger partial charge < -0.3 is 24.8 Å². The van der Waals surface area contributed by atoms with E-state index in [1.54, 1.807) is 29.3 Å². The molecule has 0 aliphatic rings. The van der Waals surface area contributed by atoms with E-state index in [-0.39, 0.29) is 32.0 Å². The Kier molecular flexibility index (Phi) is 11.1. The van der Waals surface area contributed by atoms with Crippen LogP contribution in [-0.4, -0.2) is 51.9 Å². The molecule has 1 atom stereocenters. The quantitative estimate of drug-likeness (QED) is 0.219. The molecule has 0 spiro atoms. The van der Waals surface area contributed by atoms with E-state index in [4.69, 9.17) is 16.3 Å². The van der Waals surface area contributed by atoms with Crippen LogP contribution in [0.25, 0.3) is 0 Å². The van der Waals surface area contributed by atoms with Crippen molar-refractivity contribution in [3.05, 3.63) is 119 Å². The standard InChI is InChI=1S/C32H34ClN5O4/c1-2-16-38(28-14-7-4-8-15-28)30(39)21-37(20-25-12-9-13-26(33)17-25)31(40)29(18-27-19-34-23-35-27)36-32(41)42-22-24-10-5-3-6-11-24/h3-15,17,19,23,29H,2,16,18,20-22H2,1H3,(H,34,35)(H,36,41). The number of aromatic amines is 1. The van der Waals surface area contributed by atoms with Gasteiger partial charge in [0.2, 0.25) is 11.8 Å². The van der Waals surface area contributed by atoms with Gasteiger partial charge in [-0.3, -0.25) is 9.59 Å². The summed E-state index contributed by atoms with van der Waals surface area (Å²) in [5.74, 6) is -0.690. The van der Waals surface area contributed by atoms with Crippen LogP contribution in [-0.2, 0) is 33.9 Å². The highest BCUT2D eigenvalue weighted by molar-refractivity contribution is 6.30. The van der Waals surface area contributed by atoms with E-state index in [2.05, 4.69) is 15.3 Å². The second-order valence-electron chi connectivity index (χ2n) is 9.74. The summed E-state index contributed by atoms with van der Waals surface area (Å²) in [6.45, 7) is 2.43. The van der Waals surface area contributed by atoms with E-state index in [9.17, 15) is 14.4 Å². The summed E-state index contributed by atoms with van der Waals surface area (Å²) >= 11 is 6.23. The fourth-order valence-corrected chi connectivity index (χ4v) is 4.70. The van der Waals surface area contributed by atoms with E-state index < -0.39 is 18.0 Å². The number of rotatable bonds is 13. The maximum Gasteiger partial charge on any atom is 0.408 e. The zero-order chi connectivity index (χ0) is 29.7. The predicted molar refractivity (Wildman–Crippen MR) is 162 cm³/mol. The van der Waals surface area contributed by atoms with Gasteiger partial charge >= 0.3 is 6.09 Å². The van der Waals surface area contributed by atoms with Gasteiger partial charge in [-0.2, -0.15) is 0 Å². The third kappa shape index (κ3) is 8.94. The predicted octanol–water partition coefficient (Wildman–Crippen LogP) is 5.37. The lowest BCUT2D eigenvalue weighted by molar-refractivity contribution is -0.137. The Bertz CT molecular complexity index is 1430. The van der Waals surface area contributed by atoms with Crippen molar-refractivity contribution in [3.8, 4) is 0 Å². The van der Waals surface area contributed by atoms with Crippen molar-refractivity contribution in [1.29, 1.82) is 0 Å². The molecule has 2 N–H and O–H groups in total. The topological polar surface area (TPSA) is 108 Å². The fourth-order valence-electron chi connectivity index (χ4n) is 4.49. The maximum absolute atomic E-state index is 14.1. The summed E-state index contributed by atoms with van der Waals surface area (Å²) in [7, 11) is 0. The number of para-hydroxylation sites is 1. The normalized spacial score (nSPS) is 11.4. The van der Waals surface area contributed by atoms with Gasteiger partial charge in [-0.15, -0.1) is 0 Å². The van der Waals surface area contributed by atoms with Gasteiger partial charge in [0, 0.05) is 42.1 Å². The minimum Gasteiger partial charge on any atom is -0.445 e. The first-order valence-corrected chi connectivity index (χ1v) is 14.1. The number of carbonyl (C=O) groups is 3. The van der Waals surface area contributed by atoms with Gasteiger partial charge in [-0.05, 0) is 41.8 Å². The van der Waals surface area contributed by atoms with Crippen LogP contribution in [0.3, 0.4) is 0 Å². The van der Waals surface area contributed by atoms with Gasteiger partial charge in [0.15, 0.2) is 0 Å². The molecule has 10 heteroatoms.